The van der Waals surface area contributed by atoms with Crippen molar-refractivity contribution in [3.63, 3.8) is 0 Å². The zero-order chi connectivity index (χ0) is 15.7. The quantitative estimate of drug-likeness (QED) is 0.775. The van der Waals surface area contributed by atoms with Gasteiger partial charge in [-0.2, -0.15) is 0 Å². The van der Waals surface area contributed by atoms with Crippen LogP contribution >= 0.6 is 0 Å². The van der Waals surface area contributed by atoms with Crippen LogP contribution in [0.15, 0.2) is 48.5 Å². The summed E-state index contributed by atoms with van der Waals surface area (Å²) >= 11 is 0. The van der Waals surface area contributed by atoms with Crippen molar-refractivity contribution in [1.82, 2.24) is 4.98 Å². The van der Waals surface area contributed by atoms with E-state index in [2.05, 4.69) is 10.3 Å². The number of anilines is 2. The molecule has 0 aliphatic rings. The van der Waals surface area contributed by atoms with Gasteiger partial charge in [-0.05, 0) is 43.3 Å². The number of hydrogen-bond acceptors (Lipinski definition) is 4. The number of carboxylic acids is 1. The molecule has 0 saturated carbocycles. The minimum absolute atomic E-state index is 0.0757. The average Bonchev–Trinajstić information content (AvgIpc) is 2.46. The molecule has 1 heterocycles. The third-order valence-electron chi connectivity index (χ3n) is 3.30. The summed E-state index contributed by atoms with van der Waals surface area (Å²) in [6.45, 7) is 1.84. The first-order valence-corrected chi connectivity index (χ1v) is 6.72. The molecule has 5 heteroatoms. The van der Waals surface area contributed by atoms with Gasteiger partial charge in [-0.3, -0.25) is 4.98 Å². The molecule has 3 aromatic rings. The van der Waals surface area contributed by atoms with Crippen molar-refractivity contribution in [2.75, 3.05) is 5.32 Å². The highest BCUT2D eigenvalue weighted by Crippen LogP contribution is 2.28. The first-order chi connectivity index (χ1) is 10.5. The summed E-state index contributed by atoms with van der Waals surface area (Å²) in [7, 11) is 0. The van der Waals surface area contributed by atoms with E-state index >= 15 is 0 Å². The van der Waals surface area contributed by atoms with Crippen molar-refractivity contribution in [2.45, 2.75) is 6.92 Å². The summed E-state index contributed by atoms with van der Waals surface area (Å²) in [5, 5.41) is 24.5. The number of carbonyl (C=O) groups is 1. The van der Waals surface area contributed by atoms with Crippen LogP contribution < -0.4 is 10.4 Å². The van der Waals surface area contributed by atoms with E-state index in [1.807, 2.05) is 13.0 Å². The molecule has 0 aliphatic carbocycles. The number of aryl methyl sites for hydroxylation is 1. The minimum Gasteiger partial charge on any atom is -0.872 e. The van der Waals surface area contributed by atoms with E-state index < -0.39 is 5.97 Å². The summed E-state index contributed by atoms with van der Waals surface area (Å²) < 4.78 is 0. The van der Waals surface area contributed by atoms with Gasteiger partial charge >= 0.3 is 5.97 Å². The first-order valence-electron chi connectivity index (χ1n) is 6.72. The number of fused-ring (bicyclic) bond motifs is 1. The largest absolute Gasteiger partial charge is 0.872 e. The second-order valence-corrected chi connectivity index (χ2v) is 5.00. The van der Waals surface area contributed by atoms with E-state index in [4.69, 9.17) is 5.11 Å². The number of rotatable bonds is 3. The predicted molar refractivity (Wildman–Crippen MR) is 82.6 cm³/mol. The lowest BCUT2D eigenvalue weighted by molar-refractivity contribution is -0.268. The Morgan fingerprint density at radius 1 is 1.18 bits per heavy atom. The molecular formula is C17H13N2O3-. The van der Waals surface area contributed by atoms with Crippen LogP contribution in [0.1, 0.15) is 16.1 Å². The average molecular weight is 293 g/mol. The number of hydrogen-bond donors (Lipinski definition) is 2. The highest BCUT2D eigenvalue weighted by molar-refractivity contribution is 5.98. The van der Waals surface area contributed by atoms with Gasteiger partial charge in [0.15, 0.2) is 0 Å². The van der Waals surface area contributed by atoms with Crippen molar-refractivity contribution >= 4 is 28.2 Å². The number of aromatic nitrogens is 1. The van der Waals surface area contributed by atoms with Gasteiger partial charge < -0.3 is 15.5 Å². The highest BCUT2D eigenvalue weighted by atomic mass is 16.4. The maximum atomic E-state index is 11.4. The maximum Gasteiger partial charge on any atom is 0.335 e. The van der Waals surface area contributed by atoms with Crippen molar-refractivity contribution < 1.29 is 15.0 Å². The molecule has 5 nitrogen and oxygen atoms in total. The Hall–Kier alpha value is -3.08. The number of benzene rings is 2. The van der Waals surface area contributed by atoms with E-state index in [0.29, 0.717) is 11.2 Å². The molecule has 0 spiro atoms. The standard InChI is InChI=1S/C17H14N2O3/c1-10-7-15(19-12-3-2-4-13(20)9-12)14-6-5-11(17(21)22)8-16(14)18-10/h2-9,20H,1H3,(H,18,19)(H,21,22)/p-1. The second-order valence-electron chi connectivity index (χ2n) is 5.00. The van der Waals surface area contributed by atoms with Crippen LogP contribution in [0, 0.1) is 6.92 Å². The zero-order valence-electron chi connectivity index (χ0n) is 11.8. The van der Waals surface area contributed by atoms with Crippen molar-refractivity contribution in [3.05, 3.63) is 59.8 Å². The third-order valence-corrected chi connectivity index (χ3v) is 3.30. The van der Waals surface area contributed by atoms with Gasteiger partial charge in [-0.1, -0.05) is 12.1 Å². The molecule has 0 unspecified atom stereocenters. The van der Waals surface area contributed by atoms with E-state index in [1.165, 1.54) is 18.2 Å². The van der Waals surface area contributed by atoms with Gasteiger partial charge in [-0.15, -0.1) is 5.75 Å². The van der Waals surface area contributed by atoms with Crippen molar-refractivity contribution in [3.8, 4) is 5.75 Å². The molecule has 2 N–H and O–H groups in total. The number of nitrogens with one attached hydrogen (secondary N) is 1. The van der Waals surface area contributed by atoms with E-state index in [-0.39, 0.29) is 11.3 Å². The molecule has 3 rings (SSSR count). The van der Waals surface area contributed by atoms with E-state index in [1.54, 1.807) is 24.3 Å². The molecule has 1 aromatic heterocycles. The van der Waals surface area contributed by atoms with Crippen molar-refractivity contribution in [2.24, 2.45) is 0 Å². The summed E-state index contributed by atoms with van der Waals surface area (Å²) in [5.74, 6) is -1.06. The summed E-state index contributed by atoms with van der Waals surface area (Å²) in [4.78, 5) is 15.4. The van der Waals surface area contributed by atoms with Crippen LogP contribution in [0.5, 0.6) is 5.75 Å². The van der Waals surface area contributed by atoms with E-state index in [9.17, 15) is 9.90 Å². The van der Waals surface area contributed by atoms with Crippen LogP contribution in [0.3, 0.4) is 0 Å². The Labute approximate surface area is 126 Å². The Bertz CT molecular complexity index is 875. The first kappa shape index (κ1) is 13.9. The SMILES string of the molecule is Cc1cc(Nc2cccc([O-])c2)c2ccc(C(=O)O)cc2n1. The molecule has 0 fully saturated rings. The van der Waals surface area contributed by atoms with Gasteiger partial charge in [0.1, 0.15) is 0 Å². The fraction of sp³-hybridized carbons (Fsp3) is 0.0588. The highest BCUT2D eigenvalue weighted by Gasteiger charge is 2.08. The van der Waals surface area contributed by atoms with E-state index in [0.717, 1.165) is 16.8 Å². The fourth-order valence-electron chi connectivity index (χ4n) is 2.33. The van der Waals surface area contributed by atoms with Crippen molar-refractivity contribution in [1.29, 1.82) is 0 Å². The Balaban J connectivity index is 2.11. The molecule has 22 heavy (non-hydrogen) atoms. The smallest absolute Gasteiger partial charge is 0.335 e. The van der Waals surface area contributed by atoms with Gasteiger partial charge in [0, 0.05) is 22.5 Å². The summed E-state index contributed by atoms with van der Waals surface area (Å²) in [6, 6.07) is 13.1. The summed E-state index contributed by atoms with van der Waals surface area (Å²) in [6.07, 6.45) is 0. The number of nitrogens with zero attached hydrogens (tertiary/aromatic N) is 1. The van der Waals surface area contributed by atoms with Crippen LogP contribution in [-0.4, -0.2) is 16.1 Å². The van der Waals surface area contributed by atoms with Crippen LogP contribution in [0.2, 0.25) is 0 Å². The molecule has 0 bridgehead atoms. The lowest BCUT2D eigenvalue weighted by Gasteiger charge is -2.13. The Morgan fingerprint density at radius 3 is 2.73 bits per heavy atom. The minimum atomic E-state index is -0.987. The Kier molecular flexibility index (Phi) is 3.39. The number of pyridine rings is 1. The topological polar surface area (TPSA) is 85.3 Å². The summed E-state index contributed by atoms with van der Waals surface area (Å²) in [5.41, 5.74) is 3.02. The normalized spacial score (nSPS) is 10.6. The van der Waals surface area contributed by atoms with Gasteiger partial charge in [0.25, 0.3) is 0 Å². The molecule has 0 aliphatic heterocycles. The Morgan fingerprint density at radius 2 is 2.00 bits per heavy atom. The monoisotopic (exact) mass is 293 g/mol. The van der Waals surface area contributed by atoms with Crippen LogP contribution in [-0.2, 0) is 0 Å². The zero-order valence-corrected chi connectivity index (χ0v) is 11.8. The predicted octanol–water partition coefficient (Wildman–Crippen LogP) is 3.06. The number of aromatic carboxylic acids is 1. The molecule has 0 amide bonds. The fourth-order valence-corrected chi connectivity index (χ4v) is 2.33. The van der Waals surface area contributed by atoms with Gasteiger partial charge in [-0.25, -0.2) is 4.79 Å². The van der Waals surface area contributed by atoms with Crippen LogP contribution in [0.25, 0.3) is 10.9 Å². The molecule has 2 aromatic carbocycles. The van der Waals surface area contributed by atoms with Gasteiger partial charge in [0.05, 0.1) is 11.1 Å². The van der Waals surface area contributed by atoms with Gasteiger partial charge in [0.2, 0.25) is 0 Å². The van der Waals surface area contributed by atoms with Crippen LogP contribution in [0.4, 0.5) is 11.4 Å². The molecule has 110 valence electrons. The third kappa shape index (κ3) is 2.69. The molecule has 0 saturated heterocycles. The number of carboxylic acid groups (broad SMARTS) is 1. The molecular weight excluding hydrogens is 280 g/mol. The lowest BCUT2D eigenvalue weighted by atomic mass is 10.1. The maximum absolute atomic E-state index is 11.4. The lowest BCUT2D eigenvalue weighted by Crippen LogP contribution is -1.99. The second kappa shape index (κ2) is 5.37. The molecule has 0 radical (unpaired) electrons. The molecule has 0 atom stereocenters.